The quantitative estimate of drug-likeness (QED) is 0.669. The molecule has 0 spiro atoms. The van der Waals surface area contributed by atoms with Crippen molar-refractivity contribution in [1.82, 2.24) is 4.90 Å². The van der Waals surface area contributed by atoms with Crippen molar-refractivity contribution in [3.8, 4) is 0 Å². The molecule has 0 aromatic carbocycles. The molecule has 0 amide bonds. The number of ether oxygens (including phenoxy) is 1. The van der Waals surface area contributed by atoms with Gasteiger partial charge in [0.1, 0.15) is 5.78 Å². The number of morpholine rings is 1. The monoisotopic (exact) mass is 241 g/mol. The molecule has 0 aliphatic carbocycles. The Kier molecular flexibility index (Phi) is 6.14. The number of hydrogen-bond donors (Lipinski definition) is 0. The van der Waals surface area contributed by atoms with Crippen molar-refractivity contribution in [3.05, 3.63) is 0 Å². The average molecular weight is 241 g/mol. The Balaban J connectivity index is 1.99. The van der Waals surface area contributed by atoms with Crippen molar-refractivity contribution < 1.29 is 9.53 Å². The Hall–Kier alpha value is -0.410. The predicted octanol–water partition coefficient (Wildman–Crippen LogP) is 2.49. The van der Waals surface area contributed by atoms with Gasteiger partial charge in [0.25, 0.3) is 0 Å². The summed E-state index contributed by atoms with van der Waals surface area (Å²) in [4.78, 5) is 14.2. The molecule has 1 fully saturated rings. The Morgan fingerprint density at radius 1 is 1.12 bits per heavy atom. The van der Waals surface area contributed by atoms with Gasteiger partial charge in [-0.25, -0.2) is 0 Å². The van der Waals surface area contributed by atoms with Crippen LogP contribution >= 0.6 is 0 Å². The van der Waals surface area contributed by atoms with E-state index in [9.17, 15) is 4.79 Å². The zero-order valence-corrected chi connectivity index (χ0v) is 11.6. The SMILES string of the molecule is CC(C)(C)C(=O)CCCCCN1CCOCC1. The zero-order valence-electron chi connectivity index (χ0n) is 11.6. The van der Waals surface area contributed by atoms with Crippen molar-refractivity contribution in [2.24, 2.45) is 5.41 Å². The largest absolute Gasteiger partial charge is 0.379 e. The highest BCUT2D eigenvalue weighted by atomic mass is 16.5. The van der Waals surface area contributed by atoms with E-state index in [-0.39, 0.29) is 5.41 Å². The molecule has 0 saturated carbocycles. The van der Waals surface area contributed by atoms with Gasteiger partial charge in [-0.1, -0.05) is 27.2 Å². The lowest BCUT2D eigenvalue weighted by atomic mass is 9.88. The van der Waals surface area contributed by atoms with E-state index in [4.69, 9.17) is 4.74 Å². The lowest BCUT2D eigenvalue weighted by Gasteiger charge is -2.26. The highest BCUT2D eigenvalue weighted by molar-refractivity contribution is 5.83. The number of unbranched alkanes of at least 4 members (excludes halogenated alkanes) is 2. The summed E-state index contributed by atoms with van der Waals surface area (Å²) < 4.78 is 5.31. The smallest absolute Gasteiger partial charge is 0.138 e. The molecule has 1 aliphatic rings. The van der Waals surface area contributed by atoms with Gasteiger partial charge in [-0.15, -0.1) is 0 Å². The topological polar surface area (TPSA) is 29.5 Å². The first-order valence-electron chi connectivity index (χ1n) is 6.83. The van der Waals surface area contributed by atoms with E-state index in [1.165, 1.54) is 12.8 Å². The van der Waals surface area contributed by atoms with Crippen molar-refractivity contribution in [1.29, 1.82) is 0 Å². The van der Waals surface area contributed by atoms with Gasteiger partial charge < -0.3 is 4.74 Å². The molecule has 3 nitrogen and oxygen atoms in total. The second kappa shape index (κ2) is 7.12. The summed E-state index contributed by atoms with van der Waals surface area (Å²) in [6.45, 7) is 11.1. The molecular formula is C14H27NO2. The highest BCUT2D eigenvalue weighted by Gasteiger charge is 2.20. The van der Waals surface area contributed by atoms with Crippen molar-refractivity contribution in [2.45, 2.75) is 46.5 Å². The van der Waals surface area contributed by atoms with Gasteiger partial charge in [0.15, 0.2) is 0 Å². The van der Waals surface area contributed by atoms with Crippen molar-refractivity contribution in [3.63, 3.8) is 0 Å². The summed E-state index contributed by atoms with van der Waals surface area (Å²) in [7, 11) is 0. The maximum atomic E-state index is 11.7. The summed E-state index contributed by atoms with van der Waals surface area (Å²) >= 11 is 0. The Bertz CT molecular complexity index is 227. The van der Waals surface area contributed by atoms with E-state index in [0.29, 0.717) is 5.78 Å². The van der Waals surface area contributed by atoms with Gasteiger partial charge in [0.05, 0.1) is 13.2 Å². The van der Waals surface area contributed by atoms with E-state index >= 15 is 0 Å². The van der Waals surface area contributed by atoms with Crippen LogP contribution in [0.3, 0.4) is 0 Å². The average Bonchev–Trinajstić information content (AvgIpc) is 2.28. The number of nitrogens with zero attached hydrogens (tertiary/aromatic N) is 1. The van der Waals surface area contributed by atoms with Crippen LogP contribution in [-0.4, -0.2) is 43.5 Å². The Labute approximate surface area is 106 Å². The minimum Gasteiger partial charge on any atom is -0.379 e. The Morgan fingerprint density at radius 2 is 1.76 bits per heavy atom. The fraction of sp³-hybridized carbons (Fsp3) is 0.929. The van der Waals surface area contributed by atoms with Crippen LogP contribution in [0.2, 0.25) is 0 Å². The van der Waals surface area contributed by atoms with Gasteiger partial charge >= 0.3 is 0 Å². The van der Waals surface area contributed by atoms with E-state index in [0.717, 1.165) is 45.7 Å². The first-order chi connectivity index (χ1) is 8.00. The second-order valence-electron chi connectivity index (χ2n) is 5.94. The highest BCUT2D eigenvalue weighted by Crippen LogP contribution is 2.18. The van der Waals surface area contributed by atoms with E-state index < -0.39 is 0 Å². The Morgan fingerprint density at radius 3 is 2.35 bits per heavy atom. The van der Waals surface area contributed by atoms with E-state index in [1.807, 2.05) is 20.8 Å². The van der Waals surface area contributed by atoms with Crippen LogP contribution in [-0.2, 0) is 9.53 Å². The minimum atomic E-state index is -0.162. The normalized spacial score (nSPS) is 18.3. The van der Waals surface area contributed by atoms with Gasteiger partial charge in [0.2, 0.25) is 0 Å². The molecule has 1 aliphatic heterocycles. The van der Waals surface area contributed by atoms with Gasteiger partial charge in [-0.3, -0.25) is 9.69 Å². The van der Waals surface area contributed by atoms with Crippen molar-refractivity contribution >= 4 is 5.78 Å². The van der Waals surface area contributed by atoms with Crippen LogP contribution in [0.25, 0.3) is 0 Å². The summed E-state index contributed by atoms with van der Waals surface area (Å²) in [5.74, 6) is 0.392. The molecule has 1 heterocycles. The molecule has 0 aromatic heterocycles. The maximum absolute atomic E-state index is 11.7. The predicted molar refractivity (Wildman–Crippen MR) is 70.2 cm³/mol. The third-order valence-corrected chi connectivity index (χ3v) is 3.32. The van der Waals surface area contributed by atoms with Crippen molar-refractivity contribution in [2.75, 3.05) is 32.8 Å². The molecule has 1 rings (SSSR count). The second-order valence-corrected chi connectivity index (χ2v) is 5.94. The number of carbonyl (C=O) groups excluding carboxylic acids is 1. The standard InChI is InChI=1S/C14H27NO2/c1-14(2,3)13(16)7-5-4-6-8-15-9-11-17-12-10-15/h4-12H2,1-3H3. The van der Waals surface area contributed by atoms with Crippen LogP contribution in [0.1, 0.15) is 46.5 Å². The molecule has 1 saturated heterocycles. The van der Waals surface area contributed by atoms with Crippen LogP contribution in [0.4, 0.5) is 0 Å². The maximum Gasteiger partial charge on any atom is 0.138 e. The summed E-state index contributed by atoms with van der Waals surface area (Å²) in [5.41, 5.74) is -0.162. The van der Waals surface area contributed by atoms with E-state index in [2.05, 4.69) is 4.90 Å². The molecule has 0 aromatic rings. The van der Waals surface area contributed by atoms with Gasteiger partial charge in [0, 0.05) is 24.9 Å². The number of ketones is 1. The van der Waals surface area contributed by atoms with E-state index in [1.54, 1.807) is 0 Å². The number of hydrogen-bond acceptors (Lipinski definition) is 3. The molecule has 0 N–H and O–H groups in total. The summed E-state index contributed by atoms with van der Waals surface area (Å²) in [6.07, 6.45) is 4.16. The first-order valence-corrected chi connectivity index (χ1v) is 6.83. The third kappa shape index (κ3) is 6.18. The van der Waals surface area contributed by atoms with Crippen LogP contribution < -0.4 is 0 Å². The molecule has 100 valence electrons. The molecule has 0 radical (unpaired) electrons. The van der Waals surface area contributed by atoms with Crippen LogP contribution in [0.5, 0.6) is 0 Å². The molecule has 17 heavy (non-hydrogen) atoms. The minimum absolute atomic E-state index is 0.162. The summed E-state index contributed by atoms with van der Waals surface area (Å²) in [5, 5.41) is 0. The number of carbonyl (C=O) groups is 1. The first kappa shape index (κ1) is 14.7. The van der Waals surface area contributed by atoms with Gasteiger partial charge in [-0.2, -0.15) is 0 Å². The van der Waals surface area contributed by atoms with Crippen LogP contribution in [0.15, 0.2) is 0 Å². The molecular weight excluding hydrogens is 214 g/mol. The molecule has 0 bridgehead atoms. The fourth-order valence-electron chi connectivity index (χ4n) is 2.00. The lowest BCUT2D eigenvalue weighted by Crippen LogP contribution is -2.36. The van der Waals surface area contributed by atoms with Gasteiger partial charge in [-0.05, 0) is 19.4 Å². The molecule has 3 heteroatoms. The molecule has 0 atom stereocenters. The number of Topliss-reactive ketones (excluding diaryl/α,β-unsaturated/α-hetero) is 1. The third-order valence-electron chi connectivity index (χ3n) is 3.32. The fourth-order valence-corrected chi connectivity index (χ4v) is 2.00. The lowest BCUT2D eigenvalue weighted by molar-refractivity contribution is -0.126. The zero-order chi connectivity index (χ0) is 12.7. The number of rotatable bonds is 6. The summed E-state index contributed by atoms with van der Waals surface area (Å²) in [6, 6.07) is 0. The molecule has 0 unspecified atom stereocenters. The van der Waals surface area contributed by atoms with Crippen LogP contribution in [0, 0.1) is 5.41 Å².